The van der Waals surface area contributed by atoms with Gasteiger partial charge in [0.05, 0.1) is 17.4 Å². The predicted molar refractivity (Wildman–Crippen MR) is 93.5 cm³/mol. The highest BCUT2D eigenvalue weighted by atomic mass is 16.5. The van der Waals surface area contributed by atoms with Crippen LogP contribution in [0.15, 0.2) is 47.5 Å². The minimum Gasteiger partial charge on any atom is -0.377 e. The molecule has 1 aromatic carbocycles. The van der Waals surface area contributed by atoms with E-state index in [4.69, 9.17) is 4.74 Å². The maximum Gasteiger partial charge on any atom is 0.261 e. The molecule has 0 amide bonds. The van der Waals surface area contributed by atoms with Gasteiger partial charge in [0.25, 0.3) is 11.3 Å². The van der Waals surface area contributed by atoms with Gasteiger partial charge in [-0.2, -0.15) is 9.50 Å². The molecule has 0 N–H and O–H groups in total. The Morgan fingerprint density at radius 3 is 2.72 bits per heavy atom. The highest BCUT2D eigenvalue weighted by Crippen LogP contribution is 2.12. The van der Waals surface area contributed by atoms with Crippen molar-refractivity contribution in [2.75, 3.05) is 7.11 Å². The van der Waals surface area contributed by atoms with Gasteiger partial charge in [0.2, 0.25) is 0 Å². The van der Waals surface area contributed by atoms with Crippen LogP contribution in [-0.2, 0) is 17.9 Å². The first-order valence-corrected chi connectivity index (χ1v) is 7.94. The Bertz CT molecular complexity index is 1110. The van der Waals surface area contributed by atoms with Gasteiger partial charge in [-0.15, -0.1) is 5.10 Å². The minimum atomic E-state index is -0.101. The fourth-order valence-electron chi connectivity index (χ4n) is 2.81. The third-order valence-electron chi connectivity index (χ3n) is 4.10. The highest BCUT2D eigenvalue weighted by molar-refractivity contribution is 5.78. The number of methoxy groups -OCH3 is 1. The van der Waals surface area contributed by atoms with E-state index in [1.807, 2.05) is 37.3 Å². The number of rotatable bonds is 4. The molecule has 7 heteroatoms. The number of aryl methyl sites for hydroxylation is 1. The molecule has 126 valence electrons. The second-order valence-electron chi connectivity index (χ2n) is 5.96. The van der Waals surface area contributed by atoms with Crippen LogP contribution < -0.4 is 5.56 Å². The van der Waals surface area contributed by atoms with Crippen LogP contribution in [-0.4, -0.2) is 31.3 Å². The molecule has 3 aromatic heterocycles. The molecule has 0 aliphatic heterocycles. The normalized spacial score (nSPS) is 11.4. The van der Waals surface area contributed by atoms with E-state index in [1.54, 1.807) is 28.6 Å². The number of hydrogen-bond acceptors (Lipinski definition) is 5. The average Bonchev–Trinajstić information content (AvgIpc) is 3.02. The van der Waals surface area contributed by atoms with Crippen LogP contribution in [0.2, 0.25) is 0 Å². The summed E-state index contributed by atoms with van der Waals surface area (Å²) in [6.45, 7) is 2.85. The van der Waals surface area contributed by atoms with E-state index in [-0.39, 0.29) is 5.56 Å². The molecule has 0 radical (unpaired) electrons. The second kappa shape index (κ2) is 6.10. The van der Waals surface area contributed by atoms with Gasteiger partial charge < -0.3 is 9.30 Å². The second-order valence-corrected chi connectivity index (χ2v) is 5.96. The molecule has 4 aromatic rings. The summed E-state index contributed by atoms with van der Waals surface area (Å²) in [6.07, 6.45) is 3.34. The third kappa shape index (κ3) is 2.78. The van der Waals surface area contributed by atoms with E-state index in [2.05, 4.69) is 15.1 Å². The molecule has 3 heterocycles. The van der Waals surface area contributed by atoms with Crippen molar-refractivity contribution >= 4 is 16.7 Å². The monoisotopic (exact) mass is 335 g/mol. The topological polar surface area (TPSA) is 74.3 Å². The zero-order chi connectivity index (χ0) is 17.4. The Kier molecular flexibility index (Phi) is 3.77. The summed E-state index contributed by atoms with van der Waals surface area (Å²) in [5.41, 5.74) is 2.85. The van der Waals surface area contributed by atoms with E-state index < -0.39 is 0 Å². The van der Waals surface area contributed by atoms with E-state index in [9.17, 15) is 4.79 Å². The smallest absolute Gasteiger partial charge is 0.261 e. The zero-order valence-electron chi connectivity index (χ0n) is 14.0. The third-order valence-corrected chi connectivity index (χ3v) is 4.10. The first kappa shape index (κ1) is 15.5. The van der Waals surface area contributed by atoms with Crippen LogP contribution in [0.1, 0.15) is 17.0 Å². The number of benzene rings is 1. The average molecular weight is 335 g/mol. The Balaban J connectivity index is 1.80. The Morgan fingerprint density at radius 2 is 1.96 bits per heavy atom. The van der Waals surface area contributed by atoms with Gasteiger partial charge in [-0.3, -0.25) is 4.79 Å². The molecule has 0 aliphatic carbocycles. The van der Waals surface area contributed by atoms with Crippen molar-refractivity contribution in [2.45, 2.75) is 20.1 Å². The summed E-state index contributed by atoms with van der Waals surface area (Å²) in [5.74, 6) is 0.988. The largest absolute Gasteiger partial charge is 0.377 e. The molecule has 0 unspecified atom stereocenters. The Labute approximate surface area is 143 Å². The lowest BCUT2D eigenvalue weighted by Gasteiger charge is -2.08. The van der Waals surface area contributed by atoms with Crippen LogP contribution in [0.4, 0.5) is 0 Å². The van der Waals surface area contributed by atoms with Crippen LogP contribution in [0.25, 0.3) is 16.7 Å². The number of aromatic nitrogens is 5. The lowest BCUT2D eigenvalue weighted by molar-refractivity contribution is 0.178. The van der Waals surface area contributed by atoms with E-state index in [0.29, 0.717) is 35.7 Å². The SMILES string of the molecule is COCc1nc2ncc3c(=O)n(Cc4ccc(C)cc4)ccc3n2n1. The van der Waals surface area contributed by atoms with Gasteiger partial charge in [0.1, 0.15) is 6.61 Å². The first-order chi connectivity index (χ1) is 12.2. The summed E-state index contributed by atoms with van der Waals surface area (Å²) >= 11 is 0. The fraction of sp³-hybridized carbons (Fsp3) is 0.222. The van der Waals surface area contributed by atoms with E-state index in [1.165, 1.54) is 5.56 Å². The Morgan fingerprint density at radius 1 is 1.16 bits per heavy atom. The molecule has 0 saturated carbocycles. The molecule has 0 aliphatic rings. The molecule has 0 fully saturated rings. The predicted octanol–water partition coefficient (Wildman–Crippen LogP) is 1.94. The lowest BCUT2D eigenvalue weighted by Crippen LogP contribution is -2.21. The quantitative estimate of drug-likeness (QED) is 0.570. The van der Waals surface area contributed by atoms with Crippen molar-refractivity contribution in [1.29, 1.82) is 0 Å². The molecular formula is C18H17N5O2. The van der Waals surface area contributed by atoms with Gasteiger partial charge in [-0.05, 0) is 18.6 Å². The first-order valence-electron chi connectivity index (χ1n) is 7.94. The summed E-state index contributed by atoms with van der Waals surface area (Å²) < 4.78 is 8.31. The number of nitrogens with zero attached hydrogens (tertiary/aromatic N) is 5. The molecule has 25 heavy (non-hydrogen) atoms. The fourth-order valence-corrected chi connectivity index (χ4v) is 2.81. The van der Waals surface area contributed by atoms with Gasteiger partial charge in [-0.25, -0.2) is 4.98 Å². The summed E-state index contributed by atoms with van der Waals surface area (Å²) in [5, 5.41) is 4.88. The standard InChI is InChI=1S/C18H17N5O2/c1-12-3-5-13(6-4-12)10-22-8-7-15-14(17(22)24)9-19-18-20-16(11-25-2)21-23(15)18/h3-9H,10-11H2,1-2H3. The number of hydrogen-bond donors (Lipinski definition) is 0. The highest BCUT2D eigenvalue weighted by Gasteiger charge is 2.11. The van der Waals surface area contributed by atoms with Gasteiger partial charge in [-0.1, -0.05) is 29.8 Å². The van der Waals surface area contributed by atoms with Crippen molar-refractivity contribution in [2.24, 2.45) is 0 Å². The van der Waals surface area contributed by atoms with E-state index in [0.717, 1.165) is 5.56 Å². The van der Waals surface area contributed by atoms with Crippen LogP contribution >= 0.6 is 0 Å². The summed E-state index contributed by atoms with van der Waals surface area (Å²) in [4.78, 5) is 21.4. The van der Waals surface area contributed by atoms with E-state index >= 15 is 0 Å². The molecule has 0 bridgehead atoms. The van der Waals surface area contributed by atoms with Gasteiger partial charge >= 0.3 is 0 Å². The van der Waals surface area contributed by atoms with Crippen molar-refractivity contribution in [3.8, 4) is 0 Å². The van der Waals surface area contributed by atoms with Crippen molar-refractivity contribution < 1.29 is 4.74 Å². The maximum absolute atomic E-state index is 12.8. The lowest BCUT2D eigenvalue weighted by atomic mass is 10.1. The Hall–Kier alpha value is -3.06. The molecule has 7 nitrogen and oxygen atoms in total. The van der Waals surface area contributed by atoms with Crippen molar-refractivity contribution in [1.82, 2.24) is 24.1 Å². The number of ether oxygens (including phenoxy) is 1. The van der Waals surface area contributed by atoms with Gasteiger partial charge in [0, 0.05) is 19.5 Å². The zero-order valence-corrected chi connectivity index (χ0v) is 14.0. The van der Waals surface area contributed by atoms with Crippen LogP contribution in [0.5, 0.6) is 0 Å². The summed E-state index contributed by atoms with van der Waals surface area (Å²) in [6, 6.07) is 10.0. The van der Waals surface area contributed by atoms with Crippen molar-refractivity contribution in [3.05, 3.63) is 70.0 Å². The van der Waals surface area contributed by atoms with Crippen LogP contribution in [0, 0.1) is 6.92 Å². The van der Waals surface area contributed by atoms with Crippen LogP contribution in [0.3, 0.4) is 0 Å². The summed E-state index contributed by atoms with van der Waals surface area (Å²) in [7, 11) is 1.58. The molecule has 4 rings (SSSR count). The maximum atomic E-state index is 12.8. The number of fused-ring (bicyclic) bond motifs is 3. The molecule has 0 spiro atoms. The van der Waals surface area contributed by atoms with Crippen molar-refractivity contribution in [3.63, 3.8) is 0 Å². The number of pyridine rings is 1. The van der Waals surface area contributed by atoms with Gasteiger partial charge in [0.15, 0.2) is 5.82 Å². The molecule has 0 atom stereocenters. The molecular weight excluding hydrogens is 318 g/mol. The molecule has 0 saturated heterocycles. The minimum absolute atomic E-state index is 0.101.